The van der Waals surface area contributed by atoms with E-state index in [2.05, 4.69) is 49.8 Å². The van der Waals surface area contributed by atoms with Gasteiger partial charge in [-0.3, -0.25) is 4.90 Å². The Labute approximate surface area is 146 Å². The van der Waals surface area contributed by atoms with E-state index in [4.69, 9.17) is 9.16 Å². The number of rotatable bonds is 4. The number of anilines is 1. The molecule has 23 heavy (non-hydrogen) atoms. The average Bonchev–Trinajstić information content (AvgIpc) is 2.80. The van der Waals surface area contributed by atoms with Crippen LogP contribution in [0.2, 0.25) is 18.1 Å². The second-order valence-electron chi connectivity index (χ2n) is 7.29. The first-order valence-corrected chi connectivity index (χ1v) is 11.3. The SMILES string of the molecule is CC(C)(C)[Si](C)(C)OC[C@H]1CN(c2ccc(Br)c(F)c2)C(=O)O1. The van der Waals surface area contributed by atoms with Gasteiger partial charge in [-0.15, -0.1) is 0 Å². The molecule has 1 aliphatic rings. The van der Waals surface area contributed by atoms with Gasteiger partial charge >= 0.3 is 6.09 Å². The molecule has 0 bridgehead atoms. The van der Waals surface area contributed by atoms with Crippen molar-refractivity contribution in [3.63, 3.8) is 0 Å². The molecule has 2 rings (SSSR count). The molecule has 0 unspecified atom stereocenters. The molecular weight excluding hydrogens is 381 g/mol. The zero-order valence-electron chi connectivity index (χ0n) is 14.2. The maximum Gasteiger partial charge on any atom is 0.414 e. The van der Waals surface area contributed by atoms with Gasteiger partial charge in [0, 0.05) is 0 Å². The third-order valence-corrected chi connectivity index (χ3v) is 9.67. The molecule has 1 saturated heterocycles. The van der Waals surface area contributed by atoms with E-state index in [9.17, 15) is 9.18 Å². The average molecular weight is 404 g/mol. The zero-order chi connectivity index (χ0) is 17.4. The maximum absolute atomic E-state index is 13.6. The van der Waals surface area contributed by atoms with Gasteiger partial charge in [0.05, 0.1) is 23.3 Å². The van der Waals surface area contributed by atoms with Crippen molar-refractivity contribution in [2.45, 2.75) is 45.0 Å². The molecule has 0 saturated carbocycles. The molecule has 1 aromatic carbocycles. The van der Waals surface area contributed by atoms with E-state index in [1.807, 2.05) is 0 Å². The number of ether oxygens (including phenoxy) is 1. The number of amides is 1. The smallest absolute Gasteiger partial charge is 0.414 e. The van der Waals surface area contributed by atoms with E-state index in [1.165, 1.54) is 11.0 Å². The predicted molar refractivity (Wildman–Crippen MR) is 94.9 cm³/mol. The van der Waals surface area contributed by atoms with Crippen LogP contribution in [0, 0.1) is 5.82 Å². The predicted octanol–water partition coefficient (Wildman–Crippen LogP) is 4.94. The Kier molecular flexibility index (Phi) is 5.23. The lowest BCUT2D eigenvalue weighted by Crippen LogP contribution is -2.43. The number of benzene rings is 1. The largest absolute Gasteiger partial charge is 0.442 e. The van der Waals surface area contributed by atoms with Gasteiger partial charge in [0.25, 0.3) is 0 Å². The number of cyclic esters (lactones) is 1. The van der Waals surface area contributed by atoms with E-state index >= 15 is 0 Å². The first-order chi connectivity index (χ1) is 10.5. The fourth-order valence-corrected chi connectivity index (χ4v) is 3.27. The van der Waals surface area contributed by atoms with Gasteiger partial charge in [0.1, 0.15) is 11.9 Å². The van der Waals surface area contributed by atoms with Crippen LogP contribution in [0.1, 0.15) is 20.8 Å². The van der Waals surface area contributed by atoms with E-state index in [1.54, 1.807) is 12.1 Å². The maximum atomic E-state index is 13.6. The van der Waals surface area contributed by atoms with Gasteiger partial charge in [0.15, 0.2) is 8.32 Å². The Bertz CT molecular complexity index is 603. The lowest BCUT2D eigenvalue weighted by Gasteiger charge is -2.36. The van der Waals surface area contributed by atoms with Gasteiger partial charge in [-0.25, -0.2) is 9.18 Å². The van der Waals surface area contributed by atoms with Crippen LogP contribution in [0.4, 0.5) is 14.9 Å². The molecule has 1 fully saturated rings. The van der Waals surface area contributed by atoms with Crippen LogP contribution in [0.25, 0.3) is 0 Å². The number of hydrogen-bond donors (Lipinski definition) is 0. The van der Waals surface area contributed by atoms with Gasteiger partial charge in [-0.1, -0.05) is 20.8 Å². The highest BCUT2D eigenvalue weighted by Crippen LogP contribution is 2.37. The van der Waals surface area contributed by atoms with E-state index < -0.39 is 20.2 Å². The van der Waals surface area contributed by atoms with Crippen LogP contribution in [0.15, 0.2) is 22.7 Å². The summed E-state index contributed by atoms with van der Waals surface area (Å²) >= 11 is 3.11. The molecule has 1 heterocycles. The minimum absolute atomic E-state index is 0.101. The Morgan fingerprint density at radius 1 is 1.43 bits per heavy atom. The first-order valence-electron chi connectivity index (χ1n) is 7.58. The molecule has 1 aliphatic heterocycles. The van der Waals surface area contributed by atoms with Crippen molar-refractivity contribution in [1.82, 2.24) is 0 Å². The molecule has 0 radical (unpaired) electrons. The zero-order valence-corrected chi connectivity index (χ0v) is 16.7. The molecule has 1 aromatic rings. The van der Waals surface area contributed by atoms with Crippen LogP contribution in [0.3, 0.4) is 0 Å². The lowest BCUT2D eigenvalue weighted by molar-refractivity contribution is 0.0997. The number of hydrogen-bond acceptors (Lipinski definition) is 3. The highest BCUT2D eigenvalue weighted by molar-refractivity contribution is 9.10. The Morgan fingerprint density at radius 2 is 2.09 bits per heavy atom. The van der Waals surface area contributed by atoms with Crippen LogP contribution in [0.5, 0.6) is 0 Å². The third-order valence-electron chi connectivity index (χ3n) is 4.53. The highest BCUT2D eigenvalue weighted by Gasteiger charge is 2.40. The van der Waals surface area contributed by atoms with Crippen LogP contribution >= 0.6 is 15.9 Å². The summed E-state index contributed by atoms with van der Waals surface area (Å²) in [5.41, 5.74) is 0.491. The van der Waals surface area contributed by atoms with Gasteiger partial charge in [-0.05, 0) is 52.3 Å². The van der Waals surface area contributed by atoms with Crippen LogP contribution < -0.4 is 4.90 Å². The Morgan fingerprint density at radius 3 is 2.65 bits per heavy atom. The van der Waals surface area contributed by atoms with E-state index in [0.717, 1.165) is 0 Å². The number of nitrogens with zero attached hydrogens (tertiary/aromatic N) is 1. The van der Waals surface area contributed by atoms with Crippen molar-refractivity contribution in [2.24, 2.45) is 0 Å². The Balaban J connectivity index is 2.01. The highest BCUT2D eigenvalue weighted by atomic mass is 79.9. The molecule has 0 spiro atoms. The Hall–Kier alpha value is -0.923. The fourth-order valence-electron chi connectivity index (χ4n) is 1.99. The normalized spacial score (nSPS) is 19.2. The number of carbonyl (C=O) groups excluding carboxylic acids is 1. The number of carbonyl (C=O) groups is 1. The van der Waals surface area contributed by atoms with E-state index in [-0.39, 0.29) is 11.1 Å². The van der Waals surface area contributed by atoms with Crippen molar-refractivity contribution in [2.75, 3.05) is 18.1 Å². The summed E-state index contributed by atoms with van der Waals surface area (Å²) in [6.07, 6.45) is -0.793. The summed E-state index contributed by atoms with van der Waals surface area (Å²) in [4.78, 5) is 13.5. The number of halogens is 2. The quantitative estimate of drug-likeness (QED) is 0.668. The topological polar surface area (TPSA) is 38.8 Å². The van der Waals surface area contributed by atoms with Crippen LogP contribution in [-0.2, 0) is 9.16 Å². The summed E-state index contributed by atoms with van der Waals surface area (Å²) in [7, 11) is -1.89. The summed E-state index contributed by atoms with van der Waals surface area (Å²) in [6, 6.07) is 4.59. The molecule has 1 atom stereocenters. The molecule has 1 amide bonds. The summed E-state index contributed by atoms with van der Waals surface area (Å²) in [6.45, 7) is 11.5. The monoisotopic (exact) mass is 403 g/mol. The molecule has 0 aromatic heterocycles. The van der Waals surface area contributed by atoms with Gasteiger partial charge in [-0.2, -0.15) is 0 Å². The lowest BCUT2D eigenvalue weighted by atomic mass is 10.2. The summed E-state index contributed by atoms with van der Waals surface area (Å²) in [5.74, 6) is -0.406. The molecule has 0 N–H and O–H groups in total. The summed E-state index contributed by atoms with van der Waals surface area (Å²) in [5, 5.41) is 0.101. The fraction of sp³-hybridized carbons (Fsp3) is 0.562. The standard InChI is InChI=1S/C16H23BrFNO3Si/c1-16(2,3)23(4,5)21-10-12-9-19(15(20)22-12)11-6-7-13(17)14(18)8-11/h6-8,12H,9-10H2,1-5H3/t12-/m1/s1. The second-order valence-corrected chi connectivity index (χ2v) is 12.9. The van der Waals surface area contributed by atoms with Gasteiger partial charge in [0.2, 0.25) is 0 Å². The third kappa shape index (κ3) is 4.13. The van der Waals surface area contributed by atoms with Crippen molar-refractivity contribution < 1.29 is 18.3 Å². The minimum atomic E-state index is -1.89. The molecular formula is C16H23BrFNO3Si. The van der Waals surface area contributed by atoms with Crippen molar-refractivity contribution in [3.8, 4) is 0 Å². The minimum Gasteiger partial charge on any atom is -0.442 e. The molecule has 4 nitrogen and oxygen atoms in total. The van der Waals surface area contributed by atoms with Gasteiger partial charge < -0.3 is 9.16 Å². The van der Waals surface area contributed by atoms with Crippen molar-refractivity contribution in [3.05, 3.63) is 28.5 Å². The molecule has 7 heteroatoms. The van der Waals surface area contributed by atoms with Crippen molar-refractivity contribution >= 4 is 36.0 Å². The van der Waals surface area contributed by atoms with Crippen molar-refractivity contribution in [1.29, 1.82) is 0 Å². The first kappa shape index (κ1) is 18.4. The second kappa shape index (κ2) is 6.53. The van der Waals surface area contributed by atoms with E-state index in [0.29, 0.717) is 23.3 Å². The molecule has 128 valence electrons. The van der Waals surface area contributed by atoms with Crippen LogP contribution in [-0.4, -0.2) is 33.7 Å². The summed E-state index contributed by atoms with van der Waals surface area (Å²) < 4.78 is 25.5. The molecule has 0 aliphatic carbocycles.